The van der Waals surface area contributed by atoms with Crippen molar-refractivity contribution in [3.8, 4) is 5.75 Å². The highest BCUT2D eigenvalue weighted by atomic mass is 35.5. The summed E-state index contributed by atoms with van der Waals surface area (Å²) in [6, 6.07) is 15.0. The molecule has 1 heterocycles. The van der Waals surface area contributed by atoms with Gasteiger partial charge in [0.25, 0.3) is 11.8 Å². The van der Waals surface area contributed by atoms with E-state index in [1.165, 1.54) is 5.56 Å². The maximum Gasteiger partial charge on any atom is 0.279 e. The van der Waals surface area contributed by atoms with Crippen LogP contribution in [-0.4, -0.2) is 56.0 Å². The second-order valence-corrected chi connectivity index (χ2v) is 7.53. The van der Waals surface area contributed by atoms with Crippen LogP contribution in [0.3, 0.4) is 0 Å². The molecule has 2 aromatic rings. The topological polar surface area (TPSA) is 63.1 Å². The molecule has 0 atom stereocenters. The van der Waals surface area contributed by atoms with Crippen LogP contribution < -0.4 is 15.0 Å². The Hall–Kier alpha value is -2.57. The first-order valence-electron chi connectivity index (χ1n) is 9.92. The lowest BCUT2D eigenvalue weighted by Gasteiger charge is -2.31. The average Bonchev–Trinajstić information content (AvgIpc) is 2.74. The molecule has 1 saturated heterocycles. The van der Waals surface area contributed by atoms with E-state index in [9.17, 15) is 9.59 Å². The first-order chi connectivity index (χ1) is 14.0. The summed E-state index contributed by atoms with van der Waals surface area (Å²) in [5, 5.41) is 3.37. The zero-order valence-corrected chi connectivity index (χ0v) is 17.4. The van der Waals surface area contributed by atoms with Gasteiger partial charge in [-0.2, -0.15) is 0 Å². The van der Waals surface area contributed by atoms with Crippen molar-refractivity contribution in [1.29, 1.82) is 0 Å². The smallest absolute Gasteiger partial charge is 0.279 e. The lowest BCUT2D eigenvalue weighted by molar-refractivity contribution is -0.895. The normalized spacial score (nSPS) is 14.5. The van der Waals surface area contributed by atoms with Gasteiger partial charge in [0.05, 0.1) is 36.9 Å². The summed E-state index contributed by atoms with van der Waals surface area (Å²) in [7, 11) is 0. The van der Waals surface area contributed by atoms with Crippen LogP contribution in [0, 0.1) is 0 Å². The number of amides is 2. The van der Waals surface area contributed by atoms with Crippen LogP contribution in [0.15, 0.2) is 48.5 Å². The summed E-state index contributed by atoms with van der Waals surface area (Å²) >= 11 is 6.08. The largest absolute Gasteiger partial charge is 0.484 e. The number of nitrogens with zero attached hydrogens (tertiary/aromatic N) is 1. The van der Waals surface area contributed by atoms with Crippen LogP contribution in [0.25, 0.3) is 0 Å². The van der Waals surface area contributed by atoms with E-state index in [1.807, 2.05) is 36.4 Å². The Morgan fingerprint density at radius 1 is 1.10 bits per heavy atom. The number of hydrogen-bond donors (Lipinski definition) is 2. The Kier molecular flexibility index (Phi) is 7.49. The number of quaternary nitrogens is 1. The molecule has 0 bridgehead atoms. The van der Waals surface area contributed by atoms with Crippen molar-refractivity contribution >= 4 is 29.1 Å². The number of carbonyl (C=O) groups excluding carboxylic acids is 2. The fraction of sp³-hybridized carbons (Fsp3) is 0.364. The zero-order valence-electron chi connectivity index (χ0n) is 16.6. The number of rotatable bonds is 7. The standard InChI is InChI=1S/C22H26ClN3O3/c1-2-17-7-9-18(10-8-17)29-16-22(28)26-13-11-25(12-14-26)15-21(27)24-20-6-4-3-5-19(20)23/h3-10H,2,11-16H2,1H3,(H,24,27)/p+1. The quantitative estimate of drug-likeness (QED) is 0.721. The van der Waals surface area contributed by atoms with E-state index in [1.54, 1.807) is 17.0 Å². The number of halogens is 1. The monoisotopic (exact) mass is 416 g/mol. The van der Waals surface area contributed by atoms with E-state index in [4.69, 9.17) is 16.3 Å². The minimum absolute atomic E-state index is 0.0239. The molecule has 0 saturated carbocycles. The minimum atomic E-state index is -0.0771. The van der Waals surface area contributed by atoms with Crippen LogP contribution in [0.1, 0.15) is 12.5 Å². The number of benzene rings is 2. The average molecular weight is 417 g/mol. The Labute approximate surface area is 176 Å². The third kappa shape index (κ3) is 6.21. The number of aryl methyl sites for hydroxylation is 1. The van der Waals surface area contributed by atoms with Gasteiger partial charge in [-0.15, -0.1) is 0 Å². The molecule has 0 aliphatic carbocycles. The van der Waals surface area contributed by atoms with Crippen LogP contribution in [0.2, 0.25) is 5.02 Å². The highest BCUT2D eigenvalue weighted by Crippen LogP contribution is 2.20. The van der Waals surface area contributed by atoms with Crippen molar-refractivity contribution in [2.24, 2.45) is 0 Å². The Bertz CT molecular complexity index is 833. The molecule has 29 heavy (non-hydrogen) atoms. The molecular formula is C22H27ClN3O3+. The highest BCUT2D eigenvalue weighted by molar-refractivity contribution is 6.33. The molecule has 1 aliphatic heterocycles. The number of ether oxygens (including phenoxy) is 1. The van der Waals surface area contributed by atoms with Gasteiger partial charge in [0.1, 0.15) is 5.75 Å². The van der Waals surface area contributed by atoms with Crippen molar-refractivity contribution in [2.75, 3.05) is 44.6 Å². The number of anilines is 1. The highest BCUT2D eigenvalue weighted by Gasteiger charge is 2.25. The third-order valence-electron chi connectivity index (χ3n) is 5.08. The van der Waals surface area contributed by atoms with Gasteiger partial charge in [0.15, 0.2) is 13.2 Å². The van der Waals surface area contributed by atoms with E-state index < -0.39 is 0 Å². The third-order valence-corrected chi connectivity index (χ3v) is 5.41. The van der Waals surface area contributed by atoms with Crippen LogP contribution in [-0.2, 0) is 16.0 Å². The molecule has 1 fully saturated rings. The summed E-state index contributed by atoms with van der Waals surface area (Å²) in [6.07, 6.45) is 0.974. The van der Waals surface area contributed by atoms with E-state index in [2.05, 4.69) is 12.2 Å². The van der Waals surface area contributed by atoms with Gasteiger partial charge in [0.2, 0.25) is 0 Å². The molecule has 7 heteroatoms. The molecule has 2 amide bonds. The summed E-state index contributed by atoms with van der Waals surface area (Å²) in [5.41, 5.74) is 1.86. The van der Waals surface area contributed by atoms with Crippen molar-refractivity contribution in [1.82, 2.24) is 4.90 Å². The van der Waals surface area contributed by atoms with E-state index in [0.29, 0.717) is 36.1 Å². The first kappa shape index (κ1) is 21.1. The van der Waals surface area contributed by atoms with Crippen molar-refractivity contribution < 1.29 is 19.2 Å². The summed E-state index contributed by atoms with van der Waals surface area (Å²) in [6.45, 7) is 5.18. The SMILES string of the molecule is CCc1ccc(OCC(=O)N2CC[NH+](CC(=O)Nc3ccccc3Cl)CC2)cc1. The molecule has 2 aromatic carbocycles. The Morgan fingerprint density at radius 3 is 2.45 bits per heavy atom. The summed E-state index contributed by atoms with van der Waals surface area (Å²) in [5.74, 6) is 0.604. The number of nitrogens with one attached hydrogen (secondary N) is 2. The molecule has 0 spiro atoms. The van der Waals surface area contributed by atoms with Crippen LogP contribution >= 0.6 is 11.6 Å². The molecule has 3 rings (SSSR count). The molecule has 2 N–H and O–H groups in total. The Morgan fingerprint density at radius 2 is 1.79 bits per heavy atom. The van der Waals surface area contributed by atoms with Crippen molar-refractivity contribution in [2.45, 2.75) is 13.3 Å². The van der Waals surface area contributed by atoms with Gasteiger partial charge in [0, 0.05) is 0 Å². The molecule has 1 aliphatic rings. The molecule has 0 radical (unpaired) electrons. The van der Waals surface area contributed by atoms with Gasteiger partial charge in [-0.25, -0.2) is 0 Å². The van der Waals surface area contributed by atoms with Crippen LogP contribution in [0.4, 0.5) is 5.69 Å². The number of piperazine rings is 1. The molecule has 0 unspecified atom stereocenters. The van der Waals surface area contributed by atoms with E-state index in [0.717, 1.165) is 24.4 Å². The predicted octanol–water partition coefficient (Wildman–Crippen LogP) is 1.65. The minimum Gasteiger partial charge on any atom is -0.484 e. The molecular weight excluding hydrogens is 390 g/mol. The lowest BCUT2D eigenvalue weighted by Crippen LogP contribution is -3.15. The fourth-order valence-corrected chi connectivity index (χ4v) is 3.47. The zero-order chi connectivity index (χ0) is 20.6. The first-order valence-corrected chi connectivity index (χ1v) is 10.3. The van der Waals surface area contributed by atoms with E-state index >= 15 is 0 Å². The summed E-state index contributed by atoms with van der Waals surface area (Å²) < 4.78 is 5.61. The molecule has 0 aromatic heterocycles. The number of carbonyl (C=O) groups is 2. The number of hydrogen-bond acceptors (Lipinski definition) is 3. The Balaban J connectivity index is 1.39. The van der Waals surface area contributed by atoms with Gasteiger partial charge >= 0.3 is 0 Å². The van der Waals surface area contributed by atoms with E-state index in [-0.39, 0.29) is 18.4 Å². The molecule has 154 valence electrons. The van der Waals surface area contributed by atoms with Gasteiger partial charge in [-0.05, 0) is 36.2 Å². The van der Waals surface area contributed by atoms with Gasteiger partial charge < -0.3 is 19.9 Å². The van der Waals surface area contributed by atoms with Crippen molar-refractivity contribution in [3.05, 3.63) is 59.1 Å². The van der Waals surface area contributed by atoms with Crippen molar-refractivity contribution in [3.63, 3.8) is 0 Å². The predicted molar refractivity (Wildman–Crippen MR) is 114 cm³/mol. The number of para-hydroxylation sites is 1. The second-order valence-electron chi connectivity index (χ2n) is 7.12. The molecule has 6 nitrogen and oxygen atoms in total. The van der Waals surface area contributed by atoms with Gasteiger partial charge in [-0.3, -0.25) is 9.59 Å². The summed E-state index contributed by atoms with van der Waals surface area (Å²) in [4.78, 5) is 27.6. The van der Waals surface area contributed by atoms with Gasteiger partial charge in [-0.1, -0.05) is 42.8 Å². The maximum atomic E-state index is 12.4. The van der Waals surface area contributed by atoms with Crippen LogP contribution in [0.5, 0.6) is 5.75 Å². The fourth-order valence-electron chi connectivity index (χ4n) is 3.29. The second kappa shape index (κ2) is 10.3. The maximum absolute atomic E-state index is 12.4. The lowest BCUT2D eigenvalue weighted by atomic mass is 10.2.